The number of benzene rings is 1. The fourth-order valence-corrected chi connectivity index (χ4v) is 1.31. The summed E-state index contributed by atoms with van der Waals surface area (Å²) in [5.74, 6) is 0. The van der Waals surface area contributed by atoms with Crippen LogP contribution in [0.3, 0.4) is 0 Å². The first-order valence-electron chi connectivity index (χ1n) is 5.36. The normalized spacial score (nSPS) is 11.8. The van der Waals surface area contributed by atoms with Crippen LogP contribution < -0.4 is 5.32 Å². The summed E-state index contributed by atoms with van der Waals surface area (Å²) < 4.78 is 0. The fraction of sp³-hybridized carbons (Fsp3) is 0.538. The third-order valence-electron chi connectivity index (χ3n) is 2.74. The molecule has 0 fully saturated rings. The first kappa shape index (κ1) is 12.2. The average molecular weight is 207 g/mol. The highest BCUT2D eigenvalue weighted by molar-refractivity contribution is 5.29. The van der Waals surface area contributed by atoms with E-state index in [2.05, 4.69) is 37.4 Å². The monoisotopic (exact) mass is 207 g/mol. The van der Waals surface area contributed by atoms with Crippen LogP contribution in [0, 0.1) is 13.8 Å². The lowest BCUT2D eigenvalue weighted by Crippen LogP contribution is -2.42. The van der Waals surface area contributed by atoms with E-state index in [9.17, 15) is 0 Å². The van der Waals surface area contributed by atoms with Gasteiger partial charge in [0, 0.05) is 12.1 Å². The van der Waals surface area contributed by atoms with E-state index in [-0.39, 0.29) is 12.1 Å². The van der Waals surface area contributed by atoms with Gasteiger partial charge in [-0.2, -0.15) is 0 Å². The average Bonchev–Trinajstić information content (AvgIpc) is 2.20. The third kappa shape index (κ3) is 3.65. The minimum Gasteiger partial charge on any atom is -0.394 e. The standard InChI is InChI=1S/C13H21NO/c1-10-5-6-12(7-11(10)2)8-14-13(3,4)9-15/h5-7,14-15H,8-9H2,1-4H3. The Morgan fingerprint density at radius 2 is 1.87 bits per heavy atom. The largest absolute Gasteiger partial charge is 0.394 e. The van der Waals surface area contributed by atoms with Crippen LogP contribution in [0.4, 0.5) is 0 Å². The highest BCUT2D eigenvalue weighted by Crippen LogP contribution is 2.11. The lowest BCUT2D eigenvalue weighted by Gasteiger charge is -2.23. The summed E-state index contributed by atoms with van der Waals surface area (Å²) in [5, 5.41) is 12.4. The zero-order chi connectivity index (χ0) is 11.5. The molecule has 0 amide bonds. The number of hydrogen-bond acceptors (Lipinski definition) is 2. The summed E-state index contributed by atoms with van der Waals surface area (Å²) in [6.45, 7) is 9.18. The first-order valence-corrected chi connectivity index (χ1v) is 5.36. The Labute approximate surface area is 92.3 Å². The van der Waals surface area contributed by atoms with Crippen LogP contribution in [0.5, 0.6) is 0 Å². The highest BCUT2D eigenvalue weighted by Gasteiger charge is 2.14. The zero-order valence-corrected chi connectivity index (χ0v) is 10.1. The quantitative estimate of drug-likeness (QED) is 0.793. The van der Waals surface area contributed by atoms with Crippen molar-refractivity contribution in [2.45, 2.75) is 39.8 Å². The number of rotatable bonds is 4. The Morgan fingerprint density at radius 1 is 1.20 bits per heavy atom. The van der Waals surface area contributed by atoms with Gasteiger partial charge in [0.2, 0.25) is 0 Å². The van der Waals surface area contributed by atoms with Gasteiger partial charge < -0.3 is 10.4 Å². The SMILES string of the molecule is Cc1ccc(CNC(C)(C)CO)cc1C. The van der Waals surface area contributed by atoms with Gasteiger partial charge in [-0.1, -0.05) is 18.2 Å². The van der Waals surface area contributed by atoms with E-state index in [4.69, 9.17) is 5.11 Å². The summed E-state index contributed by atoms with van der Waals surface area (Å²) in [6.07, 6.45) is 0. The molecule has 0 atom stereocenters. The van der Waals surface area contributed by atoms with Crippen molar-refractivity contribution in [1.29, 1.82) is 0 Å². The number of aryl methyl sites for hydroxylation is 2. The van der Waals surface area contributed by atoms with Crippen molar-refractivity contribution >= 4 is 0 Å². The van der Waals surface area contributed by atoms with E-state index in [1.54, 1.807) is 0 Å². The molecular formula is C13H21NO. The summed E-state index contributed by atoms with van der Waals surface area (Å²) in [6, 6.07) is 6.46. The predicted octanol–water partition coefficient (Wildman–Crippen LogP) is 2.16. The summed E-state index contributed by atoms with van der Waals surface area (Å²) in [4.78, 5) is 0. The Hall–Kier alpha value is -0.860. The Kier molecular flexibility index (Phi) is 3.89. The third-order valence-corrected chi connectivity index (χ3v) is 2.74. The second-order valence-corrected chi connectivity index (χ2v) is 4.81. The molecule has 1 aromatic rings. The van der Waals surface area contributed by atoms with Gasteiger partial charge in [0.15, 0.2) is 0 Å². The van der Waals surface area contributed by atoms with Gasteiger partial charge in [-0.25, -0.2) is 0 Å². The number of nitrogens with one attached hydrogen (secondary N) is 1. The molecule has 0 radical (unpaired) electrons. The lowest BCUT2D eigenvalue weighted by atomic mass is 10.0. The van der Waals surface area contributed by atoms with Crippen LogP contribution in [0.25, 0.3) is 0 Å². The van der Waals surface area contributed by atoms with Crippen LogP contribution in [0.1, 0.15) is 30.5 Å². The lowest BCUT2D eigenvalue weighted by molar-refractivity contribution is 0.187. The van der Waals surface area contributed by atoms with Crippen LogP contribution in [-0.2, 0) is 6.54 Å². The molecule has 0 spiro atoms. The molecule has 0 aromatic heterocycles. The van der Waals surface area contributed by atoms with Crippen molar-refractivity contribution in [2.24, 2.45) is 0 Å². The van der Waals surface area contributed by atoms with E-state index in [1.807, 2.05) is 13.8 Å². The number of aliphatic hydroxyl groups excluding tert-OH is 1. The van der Waals surface area contributed by atoms with Gasteiger partial charge >= 0.3 is 0 Å². The second-order valence-electron chi connectivity index (χ2n) is 4.81. The van der Waals surface area contributed by atoms with E-state index in [0.717, 1.165) is 6.54 Å². The van der Waals surface area contributed by atoms with Crippen molar-refractivity contribution in [3.63, 3.8) is 0 Å². The molecule has 0 aliphatic carbocycles. The minimum absolute atomic E-state index is 0.151. The summed E-state index contributed by atoms with van der Waals surface area (Å²) >= 11 is 0. The van der Waals surface area contributed by atoms with E-state index < -0.39 is 0 Å². The van der Waals surface area contributed by atoms with Crippen molar-refractivity contribution in [2.75, 3.05) is 6.61 Å². The maximum absolute atomic E-state index is 9.11. The maximum Gasteiger partial charge on any atom is 0.0607 e. The molecule has 2 nitrogen and oxygen atoms in total. The first-order chi connectivity index (χ1) is 6.94. The van der Waals surface area contributed by atoms with E-state index >= 15 is 0 Å². The van der Waals surface area contributed by atoms with Crippen LogP contribution >= 0.6 is 0 Å². The molecule has 0 heterocycles. The van der Waals surface area contributed by atoms with E-state index in [1.165, 1.54) is 16.7 Å². The molecule has 0 saturated heterocycles. The van der Waals surface area contributed by atoms with Gasteiger partial charge in [-0.05, 0) is 44.4 Å². The van der Waals surface area contributed by atoms with Crippen LogP contribution in [0.2, 0.25) is 0 Å². The topological polar surface area (TPSA) is 32.3 Å². The maximum atomic E-state index is 9.11. The molecule has 84 valence electrons. The van der Waals surface area contributed by atoms with Gasteiger partial charge in [0.05, 0.1) is 6.61 Å². The zero-order valence-electron chi connectivity index (χ0n) is 10.1. The van der Waals surface area contributed by atoms with Crippen molar-refractivity contribution < 1.29 is 5.11 Å². The Balaban J connectivity index is 2.62. The molecule has 0 aliphatic heterocycles. The summed E-state index contributed by atoms with van der Waals surface area (Å²) in [5.41, 5.74) is 3.69. The molecule has 0 unspecified atom stereocenters. The molecule has 15 heavy (non-hydrogen) atoms. The van der Waals surface area contributed by atoms with Crippen molar-refractivity contribution in [3.8, 4) is 0 Å². The molecule has 2 N–H and O–H groups in total. The molecule has 1 aromatic carbocycles. The molecule has 0 bridgehead atoms. The van der Waals surface area contributed by atoms with Crippen LogP contribution in [-0.4, -0.2) is 17.3 Å². The fourth-order valence-electron chi connectivity index (χ4n) is 1.31. The summed E-state index contributed by atoms with van der Waals surface area (Å²) in [7, 11) is 0. The van der Waals surface area contributed by atoms with Crippen LogP contribution in [0.15, 0.2) is 18.2 Å². The van der Waals surface area contributed by atoms with Crippen molar-refractivity contribution in [3.05, 3.63) is 34.9 Å². The van der Waals surface area contributed by atoms with Gasteiger partial charge in [-0.15, -0.1) is 0 Å². The van der Waals surface area contributed by atoms with Crippen molar-refractivity contribution in [1.82, 2.24) is 5.32 Å². The second kappa shape index (κ2) is 4.77. The van der Waals surface area contributed by atoms with E-state index in [0.29, 0.717) is 0 Å². The molecule has 2 heteroatoms. The predicted molar refractivity (Wildman–Crippen MR) is 63.9 cm³/mol. The number of hydrogen-bond donors (Lipinski definition) is 2. The molecule has 0 aliphatic rings. The minimum atomic E-state index is -0.210. The van der Waals surface area contributed by atoms with Gasteiger partial charge in [0.25, 0.3) is 0 Å². The Morgan fingerprint density at radius 3 is 2.40 bits per heavy atom. The molecule has 1 rings (SSSR count). The smallest absolute Gasteiger partial charge is 0.0607 e. The number of aliphatic hydroxyl groups is 1. The Bertz CT molecular complexity index is 331. The molecular weight excluding hydrogens is 186 g/mol. The van der Waals surface area contributed by atoms with Gasteiger partial charge in [-0.3, -0.25) is 0 Å². The van der Waals surface area contributed by atoms with Gasteiger partial charge in [0.1, 0.15) is 0 Å². The highest BCUT2D eigenvalue weighted by atomic mass is 16.3. The molecule has 0 saturated carbocycles.